The smallest absolute Gasteiger partial charge is 0.221 e. The van der Waals surface area contributed by atoms with E-state index in [-0.39, 0.29) is 5.41 Å². The van der Waals surface area contributed by atoms with E-state index in [1.165, 1.54) is 16.9 Å². The molecule has 0 amide bonds. The SMILES string of the molecule is CN1CN(c2ccnc(Oc3ccc4c5ncccc5n(-c5cc(C(C)(C)C)ccn5)c4c3)c2)c2ccccc21. The lowest BCUT2D eigenvalue weighted by molar-refractivity contribution is 0.463. The van der Waals surface area contributed by atoms with Crippen LogP contribution in [0.3, 0.4) is 0 Å². The molecule has 1 aliphatic heterocycles. The topological polar surface area (TPSA) is 59.3 Å². The number of rotatable bonds is 4. The summed E-state index contributed by atoms with van der Waals surface area (Å²) >= 11 is 0. The Hall–Kier alpha value is -4.91. The molecule has 7 rings (SSSR count). The molecular weight excluding hydrogens is 496 g/mol. The third-order valence-corrected chi connectivity index (χ3v) is 7.52. The van der Waals surface area contributed by atoms with E-state index in [1.54, 1.807) is 6.20 Å². The van der Waals surface area contributed by atoms with E-state index in [0.29, 0.717) is 11.6 Å². The minimum absolute atomic E-state index is 0.00429. The maximum atomic E-state index is 6.36. The second kappa shape index (κ2) is 9.09. The fraction of sp³-hybridized carbons (Fsp3) is 0.182. The quantitative estimate of drug-likeness (QED) is 0.236. The molecule has 6 aromatic rings. The molecule has 0 N–H and O–H groups in total. The highest BCUT2D eigenvalue weighted by atomic mass is 16.5. The van der Waals surface area contributed by atoms with E-state index >= 15 is 0 Å². The van der Waals surface area contributed by atoms with E-state index in [1.807, 2.05) is 36.7 Å². The lowest BCUT2D eigenvalue weighted by atomic mass is 9.88. The summed E-state index contributed by atoms with van der Waals surface area (Å²) in [5, 5.41) is 1.05. The zero-order valence-electron chi connectivity index (χ0n) is 23.0. The highest BCUT2D eigenvalue weighted by Gasteiger charge is 2.24. The Balaban J connectivity index is 1.29. The van der Waals surface area contributed by atoms with Gasteiger partial charge in [0.25, 0.3) is 0 Å². The zero-order chi connectivity index (χ0) is 27.4. The summed E-state index contributed by atoms with van der Waals surface area (Å²) in [5.74, 6) is 2.10. The van der Waals surface area contributed by atoms with Gasteiger partial charge in [0.2, 0.25) is 5.88 Å². The van der Waals surface area contributed by atoms with Gasteiger partial charge < -0.3 is 14.5 Å². The third kappa shape index (κ3) is 4.02. The van der Waals surface area contributed by atoms with Gasteiger partial charge in [-0.15, -0.1) is 0 Å². The summed E-state index contributed by atoms with van der Waals surface area (Å²) in [7, 11) is 2.10. The Bertz CT molecular complexity index is 1890. The first-order valence-electron chi connectivity index (χ1n) is 13.4. The highest BCUT2D eigenvalue weighted by Crippen LogP contribution is 2.40. The second-order valence-corrected chi connectivity index (χ2v) is 11.2. The fourth-order valence-corrected chi connectivity index (χ4v) is 5.47. The number of nitrogens with zero attached hydrogens (tertiary/aromatic N) is 6. The second-order valence-electron chi connectivity index (χ2n) is 11.2. The van der Waals surface area contributed by atoms with Gasteiger partial charge in [-0.1, -0.05) is 32.9 Å². The van der Waals surface area contributed by atoms with Gasteiger partial charge in [-0.25, -0.2) is 9.97 Å². The number of hydrogen-bond acceptors (Lipinski definition) is 6. The van der Waals surface area contributed by atoms with Crippen LogP contribution in [0.15, 0.2) is 97.5 Å². The van der Waals surface area contributed by atoms with Crippen molar-refractivity contribution in [1.82, 2.24) is 19.5 Å². The molecule has 0 saturated carbocycles. The van der Waals surface area contributed by atoms with Gasteiger partial charge in [-0.05, 0) is 65.6 Å². The van der Waals surface area contributed by atoms with Gasteiger partial charge in [-0.3, -0.25) is 9.55 Å². The van der Waals surface area contributed by atoms with Gasteiger partial charge in [0.1, 0.15) is 11.6 Å². The number of ether oxygens (including phenoxy) is 1. The third-order valence-electron chi connectivity index (χ3n) is 7.52. The zero-order valence-corrected chi connectivity index (χ0v) is 23.0. The van der Waals surface area contributed by atoms with Crippen molar-refractivity contribution in [2.75, 3.05) is 23.5 Å². The van der Waals surface area contributed by atoms with Gasteiger partial charge in [-0.2, -0.15) is 0 Å². The molecule has 0 bridgehead atoms. The largest absolute Gasteiger partial charge is 0.439 e. The molecule has 0 fully saturated rings. The summed E-state index contributed by atoms with van der Waals surface area (Å²) in [6.07, 6.45) is 5.51. The summed E-state index contributed by atoms with van der Waals surface area (Å²) in [5.41, 5.74) is 7.56. The van der Waals surface area contributed by atoms with Crippen molar-refractivity contribution in [2.24, 2.45) is 0 Å². The van der Waals surface area contributed by atoms with Crippen LogP contribution in [0.2, 0.25) is 0 Å². The first-order chi connectivity index (χ1) is 19.4. The molecule has 1 aliphatic rings. The molecule has 7 heteroatoms. The Kier molecular flexibility index (Phi) is 5.49. The molecule has 40 heavy (non-hydrogen) atoms. The molecule has 7 nitrogen and oxygen atoms in total. The predicted octanol–water partition coefficient (Wildman–Crippen LogP) is 7.60. The van der Waals surface area contributed by atoms with Crippen LogP contribution in [0.5, 0.6) is 11.6 Å². The van der Waals surface area contributed by atoms with Crippen molar-refractivity contribution >= 4 is 39.0 Å². The average Bonchev–Trinajstić information content (AvgIpc) is 3.47. The molecule has 0 atom stereocenters. The van der Waals surface area contributed by atoms with E-state index in [4.69, 9.17) is 14.7 Å². The van der Waals surface area contributed by atoms with Gasteiger partial charge in [0, 0.05) is 48.8 Å². The Morgan fingerprint density at radius 3 is 2.42 bits per heavy atom. The minimum Gasteiger partial charge on any atom is -0.439 e. The minimum atomic E-state index is 0.00429. The molecular formula is C33H30N6O. The van der Waals surface area contributed by atoms with Crippen LogP contribution in [0.25, 0.3) is 27.8 Å². The van der Waals surface area contributed by atoms with E-state index < -0.39 is 0 Å². The summed E-state index contributed by atoms with van der Waals surface area (Å²) in [6.45, 7) is 7.41. The average molecular weight is 527 g/mol. The van der Waals surface area contributed by atoms with E-state index in [9.17, 15) is 0 Å². The highest BCUT2D eigenvalue weighted by molar-refractivity contribution is 6.07. The van der Waals surface area contributed by atoms with Crippen LogP contribution >= 0.6 is 0 Å². The van der Waals surface area contributed by atoms with Crippen molar-refractivity contribution in [2.45, 2.75) is 26.2 Å². The molecule has 0 spiro atoms. The number of anilines is 3. The number of aromatic nitrogens is 4. The first-order valence-corrected chi connectivity index (χ1v) is 13.4. The molecule has 198 valence electrons. The number of benzene rings is 2. The number of para-hydroxylation sites is 2. The number of fused-ring (bicyclic) bond motifs is 4. The Morgan fingerprint density at radius 2 is 1.57 bits per heavy atom. The van der Waals surface area contributed by atoms with Crippen molar-refractivity contribution in [3.8, 4) is 17.4 Å². The van der Waals surface area contributed by atoms with Gasteiger partial charge >= 0.3 is 0 Å². The van der Waals surface area contributed by atoms with Gasteiger partial charge in [0.15, 0.2) is 0 Å². The van der Waals surface area contributed by atoms with E-state index in [2.05, 4.69) is 102 Å². The monoisotopic (exact) mass is 526 g/mol. The van der Waals surface area contributed by atoms with Gasteiger partial charge in [0.05, 0.1) is 34.6 Å². The van der Waals surface area contributed by atoms with Crippen molar-refractivity contribution in [3.05, 3.63) is 103 Å². The number of pyridine rings is 3. The van der Waals surface area contributed by atoms with Crippen LogP contribution in [0.1, 0.15) is 26.3 Å². The maximum Gasteiger partial charge on any atom is 0.221 e. The van der Waals surface area contributed by atoms with Crippen LogP contribution in [-0.2, 0) is 5.41 Å². The maximum absolute atomic E-state index is 6.36. The molecule has 4 aromatic heterocycles. The molecule has 5 heterocycles. The first kappa shape index (κ1) is 24.2. The normalized spacial score (nSPS) is 13.3. The Labute approximate surface area is 233 Å². The standard InChI is InChI=1S/C33H30N6O/c1-33(2,3)22-13-16-34-30(18-22)39-28-10-7-15-36-32(28)25-12-11-24(20-29(25)39)40-31-19-23(14-17-35-31)38-21-37(4)26-8-5-6-9-27(26)38/h5-20H,21H2,1-4H3. The van der Waals surface area contributed by atoms with Crippen LogP contribution < -0.4 is 14.5 Å². The molecule has 0 saturated heterocycles. The predicted molar refractivity (Wildman–Crippen MR) is 161 cm³/mol. The van der Waals surface area contributed by atoms with Crippen molar-refractivity contribution < 1.29 is 4.74 Å². The Morgan fingerprint density at radius 1 is 0.750 bits per heavy atom. The summed E-state index contributed by atoms with van der Waals surface area (Å²) in [4.78, 5) is 18.5. The fourth-order valence-electron chi connectivity index (χ4n) is 5.47. The van der Waals surface area contributed by atoms with E-state index in [0.717, 1.165) is 40.1 Å². The van der Waals surface area contributed by atoms with Crippen molar-refractivity contribution in [3.63, 3.8) is 0 Å². The lowest BCUT2D eigenvalue weighted by Crippen LogP contribution is -2.23. The molecule has 0 radical (unpaired) electrons. The van der Waals surface area contributed by atoms with Crippen LogP contribution in [-0.4, -0.2) is 33.2 Å². The molecule has 2 aromatic carbocycles. The summed E-state index contributed by atoms with van der Waals surface area (Å²) in [6, 6.07) is 26.8. The lowest BCUT2D eigenvalue weighted by Gasteiger charge is -2.20. The van der Waals surface area contributed by atoms with Crippen LogP contribution in [0.4, 0.5) is 17.1 Å². The van der Waals surface area contributed by atoms with Crippen LogP contribution in [0, 0.1) is 0 Å². The summed E-state index contributed by atoms with van der Waals surface area (Å²) < 4.78 is 8.53. The number of hydrogen-bond donors (Lipinski definition) is 0. The van der Waals surface area contributed by atoms with Crippen molar-refractivity contribution in [1.29, 1.82) is 0 Å². The molecule has 0 aliphatic carbocycles. The molecule has 0 unspecified atom stereocenters.